The smallest absolute Gasteiger partial charge is 0.119 e. The molecule has 1 aromatic rings. The molecule has 0 spiro atoms. The lowest BCUT2D eigenvalue weighted by Crippen LogP contribution is -2.26. The van der Waals surface area contributed by atoms with Crippen molar-refractivity contribution >= 4 is 0 Å². The highest BCUT2D eigenvalue weighted by atomic mass is 16.5. The highest BCUT2D eigenvalue weighted by Crippen LogP contribution is 2.34. The lowest BCUT2D eigenvalue weighted by molar-refractivity contribution is 0.410. The summed E-state index contributed by atoms with van der Waals surface area (Å²) < 4.78 is 5.33. The second-order valence-electron chi connectivity index (χ2n) is 6.05. The zero-order valence-corrected chi connectivity index (χ0v) is 12.0. The summed E-state index contributed by atoms with van der Waals surface area (Å²) in [4.78, 5) is 0. The third kappa shape index (κ3) is 3.30. The maximum Gasteiger partial charge on any atom is 0.119 e. The van der Waals surface area contributed by atoms with Gasteiger partial charge in [0.2, 0.25) is 0 Å². The van der Waals surface area contributed by atoms with Gasteiger partial charge in [-0.15, -0.1) is 0 Å². The first-order valence-corrected chi connectivity index (χ1v) is 7.77. The predicted molar refractivity (Wildman–Crippen MR) is 78.6 cm³/mol. The summed E-state index contributed by atoms with van der Waals surface area (Å²) in [5.74, 6) is 2.05. The average molecular weight is 259 g/mol. The van der Waals surface area contributed by atoms with E-state index in [1.165, 1.54) is 62.6 Å². The van der Waals surface area contributed by atoms with Crippen LogP contribution in [-0.4, -0.2) is 13.7 Å². The van der Waals surface area contributed by atoms with Crippen molar-refractivity contribution in [2.24, 2.45) is 5.92 Å². The number of benzene rings is 1. The van der Waals surface area contributed by atoms with Gasteiger partial charge in [-0.1, -0.05) is 18.9 Å². The molecule has 1 unspecified atom stereocenters. The van der Waals surface area contributed by atoms with Gasteiger partial charge in [0.05, 0.1) is 7.11 Å². The first-order valence-electron chi connectivity index (χ1n) is 7.77. The molecule has 19 heavy (non-hydrogen) atoms. The molecule has 0 aliphatic heterocycles. The van der Waals surface area contributed by atoms with Gasteiger partial charge in [0.1, 0.15) is 5.75 Å². The molecule has 0 bridgehead atoms. The average Bonchev–Trinajstić information content (AvgIpc) is 3.27. The Hall–Kier alpha value is -1.02. The van der Waals surface area contributed by atoms with Gasteiger partial charge in [0.25, 0.3) is 0 Å². The van der Waals surface area contributed by atoms with Crippen LogP contribution in [0.3, 0.4) is 0 Å². The topological polar surface area (TPSA) is 21.3 Å². The fourth-order valence-corrected chi connectivity index (χ4v) is 3.20. The molecule has 0 saturated heterocycles. The van der Waals surface area contributed by atoms with Crippen molar-refractivity contribution in [2.45, 2.75) is 51.0 Å². The van der Waals surface area contributed by atoms with Crippen molar-refractivity contribution in [3.63, 3.8) is 0 Å². The van der Waals surface area contributed by atoms with Crippen molar-refractivity contribution in [3.05, 3.63) is 29.3 Å². The molecule has 0 heterocycles. The Balaban J connectivity index is 1.57. The first-order chi connectivity index (χ1) is 9.36. The highest BCUT2D eigenvalue weighted by Gasteiger charge is 2.22. The van der Waals surface area contributed by atoms with E-state index >= 15 is 0 Å². The van der Waals surface area contributed by atoms with E-state index < -0.39 is 0 Å². The number of rotatable bonds is 6. The number of nitrogens with one attached hydrogen (secondary N) is 1. The first kappa shape index (κ1) is 13.0. The normalized spacial score (nSPS) is 22.1. The quantitative estimate of drug-likeness (QED) is 0.783. The van der Waals surface area contributed by atoms with Crippen LogP contribution in [0, 0.1) is 5.92 Å². The molecule has 1 N–H and O–H groups in total. The minimum Gasteiger partial charge on any atom is -0.497 e. The number of methoxy groups -OCH3 is 1. The number of fused-ring (bicyclic) bond motifs is 1. The van der Waals surface area contributed by atoms with E-state index in [0.29, 0.717) is 6.04 Å². The van der Waals surface area contributed by atoms with E-state index in [-0.39, 0.29) is 0 Å². The van der Waals surface area contributed by atoms with Crippen molar-refractivity contribution < 1.29 is 4.74 Å². The molecular formula is C17H25NO. The van der Waals surface area contributed by atoms with Crippen LogP contribution >= 0.6 is 0 Å². The lowest BCUT2D eigenvalue weighted by atomic mass is 9.87. The van der Waals surface area contributed by atoms with E-state index in [0.717, 1.165) is 11.7 Å². The van der Waals surface area contributed by atoms with Crippen LogP contribution in [0.1, 0.15) is 55.7 Å². The maximum absolute atomic E-state index is 5.33. The van der Waals surface area contributed by atoms with Crippen molar-refractivity contribution in [3.8, 4) is 5.75 Å². The predicted octanol–water partition coefficient (Wildman–Crippen LogP) is 3.85. The van der Waals surface area contributed by atoms with Crippen LogP contribution in [0.5, 0.6) is 5.75 Å². The molecule has 1 atom stereocenters. The fraction of sp³-hybridized carbons (Fsp3) is 0.647. The number of hydrogen-bond acceptors (Lipinski definition) is 2. The Labute approximate surface area is 116 Å². The second-order valence-corrected chi connectivity index (χ2v) is 6.05. The molecule has 0 radical (unpaired) electrons. The summed E-state index contributed by atoms with van der Waals surface area (Å²) in [5.41, 5.74) is 2.98. The van der Waals surface area contributed by atoms with Gasteiger partial charge in [0, 0.05) is 6.04 Å². The van der Waals surface area contributed by atoms with Gasteiger partial charge in [-0.3, -0.25) is 0 Å². The molecule has 1 aromatic carbocycles. The van der Waals surface area contributed by atoms with Gasteiger partial charge in [-0.2, -0.15) is 0 Å². The minimum absolute atomic E-state index is 0.564. The molecule has 2 aliphatic rings. The Kier molecular flexibility index (Phi) is 4.07. The van der Waals surface area contributed by atoms with Gasteiger partial charge in [0.15, 0.2) is 0 Å². The van der Waals surface area contributed by atoms with E-state index in [2.05, 4.69) is 23.5 Å². The van der Waals surface area contributed by atoms with Gasteiger partial charge in [-0.25, -0.2) is 0 Å². The number of ether oxygens (including phenoxy) is 1. The van der Waals surface area contributed by atoms with Crippen molar-refractivity contribution in [1.29, 1.82) is 0 Å². The van der Waals surface area contributed by atoms with Crippen LogP contribution in [0.15, 0.2) is 18.2 Å². The van der Waals surface area contributed by atoms with Crippen LogP contribution < -0.4 is 10.1 Å². The maximum atomic E-state index is 5.33. The molecule has 0 amide bonds. The highest BCUT2D eigenvalue weighted by molar-refractivity contribution is 5.39. The number of aryl methyl sites for hydroxylation is 1. The molecule has 2 aliphatic carbocycles. The molecule has 2 nitrogen and oxygen atoms in total. The van der Waals surface area contributed by atoms with Crippen LogP contribution in [-0.2, 0) is 6.42 Å². The lowest BCUT2D eigenvalue weighted by Gasteiger charge is -2.27. The Morgan fingerprint density at radius 1 is 1.26 bits per heavy atom. The van der Waals surface area contributed by atoms with E-state index in [4.69, 9.17) is 4.74 Å². The Morgan fingerprint density at radius 3 is 2.95 bits per heavy atom. The third-order valence-electron chi connectivity index (χ3n) is 4.54. The summed E-state index contributed by atoms with van der Waals surface area (Å²) in [7, 11) is 1.75. The van der Waals surface area contributed by atoms with Gasteiger partial charge < -0.3 is 10.1 Å². The van der Waals surface area contributed by atoms with Crippen LogP contribution in [0.2, 0.25) is 0 Å². The molecule has 2 heteroatoms. The summed E-state index contributed by atoms with van der Waals surface area (Å²) in [5, 5.41) is 3.76. The van der Waals surface area contributed by atoms with E-state index in [9.17, 15) is 0 Å². The van der Waals surface area contributed by atoms with Gasteiger partial charge >= 0.3 is 0 Å². The van der Waals surface area contributed by atoms with E-state index in [1.807, 2.05) is 0 Å². The second kappa shape index (κ2) is 5.96. The molecule has 104 valence electrons. The zero-order valence-electron chi connectivity index (χ0n) is 12.0. The third-order valence-corrected chi connectivity index (χ3v) is 4.54. The Morgan fingerprint density at radius 2 is 2.16 bits per heavy atom. The summed E-state index contributed by atoms with van der Waals surface area (Å²) in [6, 6.07) is 7.14. The standard InChI is InChI=1S/C17H25NO/c1-19-15-9-10-16-14(12-15)5-2-6-17(16)18-11-3-4-13-7-8-13/h9-10,12-13,17-18H,2-8,11H2,1H3. The summed E-state index contributed by atoms with van der Waals surface area (Å²) in [6.07, 6.45) is 9.50. The van der Waals surface area contributed by atoms with Crippen molar-refractivity contribution in [1.82, 2.24) is 5.32 Å². The van der Waals surface area contributed by atoms with Crippen LogP contribution in [0.4, 0.5) is 0 Å². The molecular weight excluding hydrogens is 234 g/mol. The van der Waals surface area contributed by atoms with Crippen molar-refractivity contribution in [2.75, 3.05) is 13.7 Å². The van der Waals surface area contributed by atoms with E-state index in [1.54, 1.807) is 7.11 Å². The fourth-order valence-electron chi connectivity index (χ4n) is 3.20. The molecule has 3 rings (SSSR count). The van der Waals surface area contributed by atoms with Gasteiger partial charge in [-0.05, 0) is 67.8 Å². The summed E-state index contributed by atoms with van der Waals surface area (Å²) >= 11 is 0. The molecule has 1 saturated carbocycles. The SMILES string of the molecule is COc1ccc2c(c1)CCCC2NCCCC1CC1. The summed E-state index contributed by atoms with van der Waals surface area (Å²) in [6.45, 7) is 1.17. The monoisotopic (exact) mass is 259 g/mol. The largest absolute Gasteiger partial charge is 0.497 e. The molecule has 0 aromatic heterocycles. The molecule has 1 fully saturated rings. The van der Waals surface area contributed by atoms with Crippen LogP contribution in [0.25, 0.3) is 0 Å². The Bertz CT molecular complexity index is 425. The number of hydrogen-bond donors (Lipinski definition) is 1. The minimum atomic E-state index is 0.564. The zero-order chi connectivity index (χ0) is 13.1.